The molecule has 0 amide bonds. The molecule has 0 unspecified atom stereocenters. The van der Waals surface area contributed by atoms with E-state index in [1.54, 1.807) is 0 Å². The Morgan fingerprint density at radius 2 is 2.00 bits per heavy atom. The van der Waals surface area contributed by atoms with Gasteiger partial charge in [0.25, 0.3) is 0 Å². The van der Waals surface area contributed by atoms with Crippen molar-refractivity contribution in [3.63, 3.8) is 0 Å². The van der Waals surface area contributed by atoms with E-state index in [1.807, 2.05) is 0 Å². The number of nitrogens with zero attached hydrogens (tertiary/aromatic N) is 1. The van der Waals surface area contributed by atoms with E-state index >= 15 is 0 Å². The average molecular weight is 129 g/mol. The molecule has 0 bridgehead atoms. The SMILES string of the molecule is C[C@@H]1[C@@H](C)N(C)C[C@@H]1O. The van der Waals surface area contributed by atoms with E-state index in [1.165, 1.54) is 0 Å². The number of β-amino-alcohol motifs (C(OH)–C–C–N with tert-alkyl or cyclic N) is 1. The third kappa shape index (κ3) is 1.10. The molecule has 0 aromatic heterocycles. The van der Waals surface area contributed by atoms with E-state index in [0.29, 0.717) is 12.0 Å². The fourth-order valence-corrected chi connectivity index (χ4v) is 1.35. The van der Waals surface area contributed by atoms with Gasteiger partial charge in [0.05, 0.1) is 6.10 Å². The monoisotopic (exact) mass is 129 g/mol. The predicted octanol–water partition coefficient (Wildman–Crippen LogP) is 0.317. The van der Waals surface area contributed by atoms with Gasteiger partial charge in [0.15, 0.2) is 0 Å². The first-order chi connectivity index (χ1) is 4.13. The van der Waals surface area contributed by atoms with E-state index < -0.39 is 0 Å². The van der Waals surface area contributed by atoms with Gasteiger partial charge in [0, 0.05) is 12.6 Å². The Morgan fingerprint density at radius 3 is 2.11 bits per heavy atom. The Kier molecular flexibility index (Phi) is 1.78. The molecule has 0 aromatic rings. The zero-order valence-corrected chi connectivity index (χ0v) is 6.33. The van der Waals surface area contributed by atoms with Crippen LogP contribution in [-0.2, 0) is 0 Å². The fourth-order valence-electron chi connectivity index (χ4n) is 1.35. The predicted molar refractivity (Wildman–Crippen MR) is 37.3 cm³/mol. The Labute approximate surface area is 56.5 Å². The van der Waals surface area contributed by atoms with Gasteiger partial charge in [-0.2, -0.15) is 0 Å². The van der Waals surface area contributed by atoms with Crippen LogP contribution in [0.1, 0.15) is 13.8 Å². The van der Waals surface area contributed by atoms with E-state index in [2.05, 4.69) is 25.8 Å². The number of likely N-dealkylation sites (tertiary alicyclic amines) is 1. The highest BCUT2D eigenvalue weighted by molar-refractivity contribution is 4.85. The van der Waals surface area contributed by atoms with Gasteiger partial charge in [-0.05, 0) is 19.9 Å². The molecule has 1 aliphatic heterocycles. The van der Waals surface area contributed by atoms with Gasteiger partial charge in [-0.25, -0.2) is 0 Å². The molecule has 9 heavy (non-hydrogen) atoms. The highest BCUT2D eigenvalue weighted by Crippen LogP contribution is 2.21. The Balaban J connectivity index is 2.54. The minimum atomic E-state index is -0.106. The van der Waals surface area contributed by atoms with Gasteiger partial charge in [0.2, 0.25) is 0 Å². The van der Waals surface area contributed by atoms with Crippen molar-refractivity contribution in [3.05, 3.63) is 0 Å². The molecule has 1 saturated heterocycles. The molecule has 0 saturated carbocycles. The van der Waals surface area contributed by atoms with Crippen LogP contribution in [0.15, 0.2) is 0 Å². The summed E-state index contributed by atoms with van der Waals surface area (Å²) in [6.45, 7) is 5.09. The summed E-state index contributed by atoms with van der Waals surface area (Å²) in [6, 6.07) is 0.542. The molecule has 3 atom stereocenters. The molecule has 0 aliphatic carbocycles. The van der Waals surface area contributed by atoms with Crippen LogP contribution in [0.4, 0.5) is 0 Å². The van der Waals surface area contributed by atoms with Crippen LogP contribution in [-0.4, -0.2) is 35.7 Å². The molecule has 2 nitrogen and oxygen atoms in total. The first-order valence-electron chi connectivity index (χ1n) is 3.51. The van der Waals surface area contributed by atoms with Gasteiger partial charge in [0.1, 0.15) is 0 Å². The molecule has 0 aromatic carbocycles. The van der Waals surface area contributed by atoms with Crippen molar-refractivity contribution < 1.29 is 5.11 Å². The van der Waals surface area contributed by atoms with Crippen molar-refractivity contribution in [2.75, 3.05) is 13.6 Å². The van der Waals surface area contributed by atoms with Gasteiger partial charge in [-0.3, -0.25) is 0 Å². The minimum absolute atomic E-state index is 0.106. The average Bonchev–Trinajstić information content (AvgIpc) is 1.98. The zero-order chi connectivity index (χ0) is 7.02. The molecule has 0 spiro atoms. The largest absolute Gasteiger partial charge is 0.391 e. The summed E-state index contributed by atoms with van der Waals surface area (Å²) in [4.78, 5) is 2.19. The Hall–Kier alpha value is -0.0800. The van der Waals surface area contributed by atoms with Crippen molar-refractivity contribution in [3.8, 4) is 0 Å². The third-order valence-corrected chi connectivity index (χ3v) is 2.54. The Bertz CT molecular complexity index is 93.1. The van der Waals surface area contributed by atoms with Crippen molar-refractivity contribution in [1.29, 1.82) is 0 Å². The first kappa shape index (κ1) is 7.03. The topological polar surface area (TPSA) is 23.5 Å². The van der Waals surface area contributed by atoms with Crippen LogP contribution in [0, 0.1) is 5.92 Å². The first-order valence-corrected chi connectivity index (χ1v) is 3.51. The smallest absolute Gasteiger partial charge is 0.0707 e. The maximum absolute atomic E-state index is 9.30. The molecular weight excluding hydrogens is 114 g/mol. The van der Waals surface area contributed by atoms with Crippen molar-refractivity contribution >= 4 is 0 Å². The molecule has 0 radical (unpaired) electrons. The number of aliphatic hydroxyl groups is 1. The molecule has 2 heteroatoms. The summed E-state index contributed by atoms with van der Waals surface area (Å²) in [6.07, 6.45) is -0.106. The molecule has 1 fully saturated rings. The third-order valence-electron chi connectivity index (χ3n) is 2.54. The highest BCUT2D eigenvalue weighted by atomic mass is 16.3. The highest BCUT2D eigenvalue weighted by Gasteiger charge is 2.31. The Morgan fingerprint density at radius 1 is 1.44 bits per heavy atom. The quantitative estimate of drug-likeness (QED) is 0.509. The van der Waals surface area contributed by atoms with Crippen molar-refractivity contribution in [2.45, 2.75) is 26.0 Å². The maximum atomic E-state index is 9.30. The van der Waals surface area contributed by atoms with Gasteiger partial charge < -0.3 is 10.0 Å². The molecule has 1 heterocycles. The summed E-state index contributed by atoms with van der Waals surface area (Å²) in [7, 11) is 2.05. The molecule has 54 valence electrons. The number of aliphatic hydroxyl groups excluding tert-OH is 1. The van der Waals surface area contributed by atoms with Gasteiger partial charge in [-0.1, -0.05) is 6.92 Å². The molecule has 1 aliphatic rings. The lowest BCUT2D eigenvalue weighted by Crippen LogP contribution is -2.24. The minimum Gasteiger partial charge on any atom is -0.391 e. The lowest BCUT2D eigenvalue weighted by Gasteiger charge is -2.16. The van der Waals surface area contributed by atoms with Crippen LogP contribution in [0.25, 0.3) is 0 Å². The van der Waals surface area contributed by atoms with Crippen LogP contribution in [0.2, 0.25) is 0 Å². The number of hydrogen-bond acceptors (Lipinski definition) is 2. The number of likely N-dealkylation sites (N-methyl/N-ethyl adjacent to an activating group) is 1. The van der Waals surface area contributed by atoms with E-state index in [0.717, 1.165) is 6.54 Å². The lowest BCUT2D eigenvalue weighted by atomic mass is 10.0. The fraction of sp³-hybridized carbons (Fsp3) is 1.00. The molecular formula is C7H15NO. The number of rotatable bonds is 0. The number of hydrogen-bond donors (Lipinski definition) is 1. The van der Waals surface area contributed by atoms with E-state index in [9.17, 15) is 5.11 Å². The van der Waals surface area contributed by atoms with Crippen LogP contribution < -0.4 is 0 Å². The normalized spacial score (nSPS) is 46.0. The summed E-state index contributed by atoms with van der Waals surface area (Å²) >= 11 is 0. The standard InChI is InChI=1S/C7H15NO/c1-5-6(2)8(3)4-7(5)9/h5-7,9H,4H2,1-3H3/t5-,6-,7+/m1/s1. The second kappa shape index (κ2) is 2.27. The van der Waals surface area contributed by atoms with Crippen molar-refractivity contribution in [1.82, 2.24) is 4.90 Å². The summed E-state index contributed by atoms with van der Waals surface area (Å²) in [5.41, 5.74) is 0. The summed E-state index contributed by atoms with van der Waals surface area (Å²) in [5, 5.41) is 9.30. The second-order valence-electron chi connectivity index (χ2n) is 3.11. The molecule has 1 N–H and O–H groups in total. The summed E-state index contributed by atoms with van der Waals surface area (Å²) in [5.74, 6) is 0.440. The van der Waals surface area contributed by atoms with E-state index in [-0.39, 0.29) is 6.10 Å². The maximum Gasteiger partial charge on any atom is 0.0707 e. The lowest BCUT2D eigenvalue weighted by molar-refractivity contribution is 0.147. The van der Waals surface area contributed by atoms with Gasteiger partial charge >= 0.3 is 0 Å². The van der Waals surface area contributed by atoms with Crippen molar-refractivity contribution in [2.24, 2.45) is 5.92 Å². The second-order valence-corrected chi connectivity index (χ2v) is 3.11. The van der Waals surface area contributed by atoms with Crippen LogP contribution in [0.3, 0.4) is 0 Å². The van der Waals surface area contributed by atoms with Gasteiger partial charge in [-0.15, -0.1) is 0 Å². The zero-order valence-electron chi connectivity index (χ0n) is 6.33. The van der Waals surface area contributed by atoms with Crippen LogP contribution >= 0.6 is 0 Å². The van der Waals surface area contributed by atoms with E-state index in [4.69, 9.17) is 0 Å². The molecule has 1 rings (SSSR count). The summed E-state index contributed by atoms with van der Waals surface area (Å²) < 4.78 is 0. The van der Waals surface area contributed by atoms with Crippen LogP contribution in [0.5, 0.6) is 0 Å².